The lowest BCUT2D eigenvalue weighted by Gasteiger charge is -2.12. The normalized spacial score (nSPS) is 12.4. The highest BCUT2D eigenvalue weighted by Gasteiger charge is 2.00. The zero-order chi connectivity index (χ0) is 11.8. The molecule has 0 aliphatic heterocycles. The molecular weight excluding hydrogens is 198 g/mol. The van der Waals surface area contributed by atoms with Gasteiger partial charge in [0.05, 0.1) is 0 Å². The molecule has 16 heavy (non-hydrogen) atoms. The summed E-state index contributed by atoms with van der Waals surface area (Å²) in [5, 5.41) is 12.2. The lowest BCUT2D eigenvalue weighted by Crippen LogP contribution is -2.10. The van der Waals surface area contributed by atoms with Gasteiger partial charge in [0.25, 0.3) is 0 Å². The summed E-state index contributed by atoms with van der Waals surface area (Å²) in [7, 11) is 0. The minimum Gasteiger partial charge on any atom is -0.396 e. The van der Waals surface area contributed by atoms with Crippen LogP contribution in [-0.4, -0.2) is 18.3 Å². The Labute approximate surface area is 98.7 Å². The van der Waals surface area contributed by atoms with Crippen LogP contribution in [-0.2, 0) is 6.42 Å². The van der Waals surface area contributed by atoms with Crippen LogP contribution in [0.2, 0.25) is 0 Å². The van der Waals surface area contributed by atoms with E-state index in [1.807, 2.05) is 0 Å². The van der Waals surface area contributed by atoms with Crippen LogP contribution in [0.15, 0.2) is 24.3 Å². The molecule has 0 saturated heterocycles. The SMILES string of the molecule is CCCC(C)CNc1ccc(CCO)cc1. The molecule has 2 nitrogen and oxygen atoms in total. The third kappa shape index (κ3) is 4.67. The van der Waals surface area contributed by atoms with Gasteiger partial charge in [0, 0.05) is 18.8 Å². The van der Waals surface area contributed by atoms with Gasteiger partial charge in [0.2, 0.25) is 0 Å². The molecule has 0 bridgehead atoms. The monoisotopic (exact) mass is 221 g/mol. The number of aliphatic hydroxyl groups excluding tert-OH is 1. The van der Waals surface area contributed by atoms with Crippen molar-refractivity contribution in [3.05, 3.63) is 29.8 Å². The summed E-state index contributed by atoms with van der Waals surface area (Å²) in [5.74, 6) is 0.724. The van der Waals surface area contributed by atoms with Gasteiger partial charge in [0.15, 0.2) is 0 Å². The van der Waals surface area contributed by atoms with Crippen LogP contribution in [0.4, 0.5) is 5.69 Å². The van der Waals surface area contributed by atoms with Crippen molar-refractivity contribution in [3.63, 3.8) is 0 Å². The van der Waals surface area contributed by atoms with Crippen molar-refractivity contribution < 1.29 is 5.11 Å². The third-order valence-electron chi connectivity index (χ3n) is 2.79. The molecule has 0 amide bonds. The Morgan fingerprint density at radius 3 is 2.50 bits per heavy atom. The van der Waals surface area contributed by atoms with Gasteiger partial charge >= 0.3 is 0 Å². The summed E-state index contributed by atoms with van der Waals surface area (Å²) < 4.78 is 0. The Kier molecular flexibility index (Phi) is 5.94. The maximum Gasteiger partial charge on any atom is 0.0471 e. The fourth-order valence-electron chi connectivity index (χ4n) is 1.81. The molecule has 2 N–H and O–H groups in total. The highest BCUT2D eigenvalue weighted by molar-refractivity contribution is 5.44. The average molecular weight is 221 g/mol. The van der Waals surface area contributed by atoms with Crippen LogP contribution < -0.4 is 5.32 Å². The van der Waals surface area contributed by atoms with E-state index in [-0.39, 0.29) is 6.61 Å². The van der Waals surface area contributed by atoms with E-state index in [0.717, 1.165) is 18.9 Å². The summed E-state index contributed by atoms with van der Waals surface area (Å²) in [6.45, 7) is 5.75. The molecule has 1 rings (SSSR count). The molecule has 0 aliphatic carbocycles. The average Bonchev–Trinajstić information content (AvgIpc) is 2.29. The van der Waals surface area contributed by atoms with Gasteiger partial charge in [-0.1, -0.05) is 32.4 Å². The quantitative estimate of drug-likeness (QED) is 0.741. The zero-order valence-electron chi connectivity index (χ0n) is 10.4. The minimum atomic E-state index is 0.223. The van der Waals surface area contributed by atoms with Gasteiger partial charge in [-0.15, -0.1) is 0 Å². The van der Waals surface area contributed by atoms with Crippen molar-refractivity contribution in [1.29, 1.82) is 0 Å². The van der Waals surface area contributed by atoms with E-state index < -0.39 is 0 Å². The van der Waals surface area contributed by atoms with Crippen molar-refractivity contribution in [2.75, 3.05) is 18.5 Å². The van der Waals surface area contributed by atoms with E-state index in [1.54, 1.807) is 0 Å². The molecule has 1 atom stereocenters. The fourth-order valence-corrected chi connectivity index (χ4v) is 1.81. The van der Waals surface area contributed by atoms with Crippen molar-refractivity contribution in [2.45, 2.75) is 33.1 Å². The van der Waals surface area contributed by atoms with Gasteiger partial charge in [-0.3, -0.25) is 0 Å². The Morgan fingerprint density at radius 1 is 1.25 bits per heavy atom. The largest absolute Gasteiger partial charge is 0.396 e. The number of benzene rings is 1. The molecule has 90 valence electrons. The predicted molar refractivity (Wildman–Crippen MR) is 69.8 cm³/mol. The van der Waals surface area contributed by atoms with Gasteiger partial charge in [-0.05, 0) is 36.5 Å². The molecule has 1 aromatic carbocycles. The van der Waals surface area contributed by atoms with Gasteiger partial charge in [-0.2, -0.15) is 0 Å². The first-order valence-corrected chi connectivity index (χ1v) is 6.20. The number of rotatable bonds is 7. The topological polar surface area (TPSA) is 32.3 Å². The summed E-state index contributed by atoms with van der Waals surface area (Å²) in [4.78, 5) is 0. The summed E-state index contributed by atoms with van der Waals surface area (Å²) in [6, 6.07) is 8.32. The Bertz CT molecular complexity index is 281. The summed E-state index contributed by atoms with van der Waals surface area (Å²) >= 11 is 0. The highest BCUT2D eigenvalue weighted by atomic mass is 16.2. The van der Waals surface area contributed by atoms with E-state index in [2.05, 4.69) is 43.4 Å². The molecule has 1 aromatic rings. The zero-order valence-corrected chi connectivity index (χ0v) is 10.4. The third-order valence-corrected chi connectivity index (χ3v) is 2.79. The molecule has 0 saturated carbocycles. The molecule has 0 radical (unpaired) electrons. The van der Waals surface area contributed by atoms with Crippen LogP contribution in [0.5, 0.6) is 0 Å². The van der Waals surface area contributed by atoms with Gasteiger partial charge < -0.3 is 10.4 Å². The maximum absolute atomic E-state index is 8.81. The van der Waals surface area contributed by atoms with E-state index in [1.165, 1.54) is 24.1 Å². The number of nitrogens with one attached hydrogen (secondary N) is 1. The van der Waals surface area contributed by atoms with E-state index in [9.17, 15) is 0 Å². The van der Waals surface area contributed by atoms with Crippen molar-refractivity contribution >= 4 is 5.69 Å². The number of aliphatic hydroxyl groups is 1. The Balaban J connectivity index is 2.37. The lowest BCUT2D eigenvalue weighted by atomic mass is 10.1. The van der Waals surface area contributed by atoms with E-state index in [4.69, 9.17) is 5.11 Å². The molecular formula is C14H23NO. The van der Waals surface area contributed by atoms with E-state index in [0.29, 0.717) is 0 Å². The standard InChI is InChI=1S/C14H23NO/c1-3-4-12(2)11-15-14-7-5-13(6-8-14)9-10-16/h5-8,12,15-16H,3-4,9-11H2,1-2H3. The summed E-state index contributed by atoms with van der Waals surface area (Å²) in [5.41, 5.74) is 2.36. The second kappa shape index (κ2) is 7.29. The molecule has 0 aromatic heterocycles. The molecule has 0 fully saturated rings. The van der Waals surface area contributed by atoms with Crippen molar-refractivity contribution in [1.82, 2.24) is 0 Å². The van der Waals surface area contributed by atoms with Crippen molar-refractivity contribution in [2.24, 2.45) is 5.92 Å². The number of hydrogen-bond acceptors (Lipinski definition) is 2. The minimum absolute atomic E-state index is 0.223. The van der Waals surface area contributed by atoms with Gasteiger partial charge in [0.1, 0.15) is 0 Å². The molecule has 1 unspecified atom stereocenters. The molecule has 0 aliphatic rings. The number of anilines is 1. The Hall–Kier alpha value is -1.02. The van der Waals surface area contributed by atoms with Crippen LogP contribution in [0.3, 0.4) is 0 Å². The van der Waals surface area contributed by atoms with Crippen LogP contribution >= 0.6 is 0 Å². The lowest BCUT2D eigenvalue weighted by molar-refractivity contribution is 0.299. The first kappa shape index (κ1) is 13.0. The highest BCUT2D eigenvalue weighted by Crippen LogP contribution is 2.12. The molecule has 2 heteroatoms. The van der Waals surface area contributed by atoms with E-state index >= 15 is 0 Å². The molecule has 0 heterocycles. The van der Waals surface area contributed by atoms with Crippen LogP contribution in [0, 0.1) is 5.92 Å². The maximum atomic E-state index is 8.81. The second-order valence-corrected chi connectivity index (χ2v) is 4.45. The first-order chi connectivity index (χ1) is 7.76. The second-order valence-electron chi connectivity index (χ2n) is 4.45. The number of hydrogen-bond donors (Lipinski definition) is 2. The van der Waals surface area contributed by atoms with Crippen molar-refractivity contribution in [3.8, 4) is 0 Å². The predicted octanol–water partition coefficient (Wildman–Crippen LogP) is 3.07. The van der Waals surface area contributed by atoms with Gasteiger partial charge in [-0.25, -0.2) is 0 Å². The summed E-state index contributed by atoms with van der Waals surface area (Å²) in [6.07, 6.45) is 3.26. The molecule has 0 spiro atoms. The Morgan fingerprint density at radius 2 is 1.94 bits per heavy atom. The first-order valence-electron chi connectivity index (χ1n) is 6.20. The smallest absolute Gasteiger partial charge is 0.0471 e. The van der Waals surface area contributed by atoms with Crippen LogP contribution in [0.25, 0.3) is 0 Å². The van der Waals surface area contributed by atoms with Crippen LogP contribution in [0.1, 0.15) is 32.3 Å². The fraction of sp³-hybridized carbons (Fsp3) is 0.571.